The molecule has 1 fully saturated rings. The summed E-state index contributed by atoms with van der Waals surface area (Å²) in [6.45, 7) is 3.18. The van der Waals surface area contributed by atoms with E-state index in [0.717, 1.165) is 18.9 Å². The third kappa shape index (κ3) is 5.62. The van der Waals surface area contributed by atoms with Gasteiger partial charge < -0.3 is 29.0 Å². The first-order chi connectivity index (χ1) is 17.4. The molecule has 3 rings (SSSR count). The zero-order chi connectivity index (χ0) is 26.2. The van der Waals surface area contributed by atoms with E-state index in [4.69, 9.17) is 18.9 Å². The Kier molecular flexibility index (Phi) is 9.30. The van der Waals surface area contributed by atoms with E-state index in [0.29, 0.717) is 36.7 Å². The highest BCUT2D eigenvalue weighted by Gasteiger charge is 2.46. The van der Waals surface area contributed by atoms with Crippen LogP contribution in [-0.4, -0.2) is 62.8 Å². The minimum atomic E-state index is -0.911. The number of aliphatic hydroxyl groups excluding tert-OH is 1. The lowest BCUT2D eigenvalue weighted by molar-refractivity contribution is -0.140. The molecule has 1 aliphatic heterocycles. The maximum absolute atomic E-state index is 14.4. The average Bonchev–Trinajstić information content (AvgIpc) is 3.13. The molecule has 8 nitrogen and oxygen atoms in total. The summed E-state index contributed by atoms with van der Waals surface area (Å²) in [5.41, 5.74) is 0.463. The van der Waals surface area contributed by atoms with Gasteiger partial charge in [0.2, 0.25) is 0 Å². The Morgan fingerprint density at radius 2 is 1.69 bits per heavy atom. The number of nitrogens with zero attached hydrogens (tertiary/aromatic N) is 1. The highest BCUT2D eigenvalue weighted by molar-refractivity contribution is 6.46. The maximum Gasteiger partial charge on any atom is 0.295 e. The van der Waals surface area contributed by atoms with Gasteiger partial charge in [-0.25, -0.2) is 4.39 Å². The van der Waals surface area contributed by atoms with Crippen molar-refractivity contribution in [1.29, 1.82) is 0 Å². The number of Topliss-reactive ketones (excluding diaryl/α,β-unsaturated/α-hetero) is 1. The van der Waals surface area contributed by atoms with Crippen molar-refractivity contribution in [1.82, 2.24) is 4.90 Å². The number of benzene rings is 2. The molecule has 1 saturated heterocycles. The van der Waals surface area contributed by atoms with E-state index >= 15 is 0 Å². The Bertz CT molecular complexity index is 1130. The molecule has 1 N–H and O–H groups in total. The van der Waals surface area contributed by atoms with Crippen molar-refractivity contribution in [3.8, 4) is 17.2 Å². The van der Waals surface area contributed by atoms with Gasteiger partial charge in [0.25, 0.3) is 11.7 Å². The van der Waals surface area contributed by atoms with E-state index in [9.17, 15) is 19.1 Å². The average molecular weight is 502 g/mol. The number of hydrogen-bond acceptors (Lipinski definition) is 7. The number of carbonyl (C=O) groups is 2. The van der Waals surface area contributed by atoms with Gasteiger partial charge in [0.1, 0.15) is 5.76 Å². The van der Waals surface area contributed by atoms with Crippen LogP contribution in [0.25, 0.3) is 5.76 Å². The molecule has 0 bridgehead atoms. The summed E-state index contributed by atoms with van der Waals surface area (Å²) in [4.78, 5) is 27.6. The van der Waals surface area contributed by atoms with E-state index in [1.165, 1.54) is 31.3 Å². The number of hydrogen-bond donors (Lipinski definition) is 1. The molecular formula is C27H32FNO7. The molecule has 1 aliphatic rings. The largest absolute Gasteiger partial charge is 0.507 e. The summed E-state index contributed by atoms with van der Waals surface area (Å²) >= 11 is 0. The van der Waals surface area contributed by atoms with Crippen LogP contribution in [-0.2, 0) is 14.3 Å². The van der Waals surface area contributed by atoms with E-state index in [1.807, 2.05) is 0 Å². The number of carbonyl (C=O) groups excluding carboxylic acids is 2. The van der Waals surface area contributed by atoms with Crippen LogP contribution in [0.5, 0.6) is 17.2 Å². The summed E-state index contributed by atoms with van der Waals surface area (Å²) in [5.74, 6) is -1.84. The van der Waals surface area contributed by atoms with Gasteiger partial charge in [0, 0.05) is 25.8 Å². The number of ether oxygens (including phenoxy) is 4. The Hall–Kier alpha value is -3.59. The van der Waals surface area contributed by atoms with E-state index in [2.05, 4.69) is 6.92 Å². The van der Waals surface area contributed by atoms with Gasteiger partial charge in [-0.1, -0.05) is 19.4 Å². The molecule has 9 heteroatoms. The molecule has 1 amide bonds. The summed E-state index contributed by atoms with van der Waals surface area (Å²) in [5, 5.41) is 11.1. The van der Waals surface area contributed by atoms with Crippen LogP contribution in [0.4, 0.5) is 4.39 Å². The normalized spacial score (nSPS) is 16.9. The van der Waals surface area contributed by atoms with Gasteiger partial charge in [-0.05, 0) is 48.7 Å². The second kappa shape index (κ2) is 12.4. The fourth-order valence-corrected chi connectivity index (χ4v) is 4.11. The minimum Gasteiger partial charge on any atom is -0.507 e. The zero-order valence-electron chi connectivity index (χ0n) is 21.0. The SMILES string of the molecule is CCCCOc1ccc([C@@H]2C(=C(O)c3ccc(OC)c(F)c3)C(=O)C(=O)N2CCCOC)cc1OC. The molecule has 194 valence electrons. The summed E-state index contributed by atoms with van der Waals surface area (Å²) in [6.07, 6.45) is 2.33. The molecular weight excluding hydrogens is 469 g/mol. The first-order valence-corrected chi connectivity index (χ1v) is 11.8. The van der Waals surface area contributed by atoms with Gasteiger partial charge in [0.15, 0.2) is 23.1 Å². The standard InChI is InChI=1S/C27H32FNO7/c1-5-6-14-36-21-11-8-17(16-22(21)35-4)24-23(26(31)27(32)29(24)12-7-13-33-2)25(30)18-9-10-20(34-3)19(28)15-18/h8-11,15-16,24,30H,5-7,12-14H2,1-4H3/t24-/m1/s1. The smallest absolute Gasteiger partial charge is 0.295 e. The summed E-state index contributed by atoms with van der Waals surface area (Å²) in [6, 6.07) is 8.05. The molecule has 0 aromatic heterocycles. The lowest BCUT2D eigenvalue weighted by Gasteiger charge is -2.26. The van der Waals surface area contributed by atoms with Gasteiger partial charge in [-0.15, -0.1) is 0 Å². The first kappa shape index (κ1) is 27.0. The lowest BCUT2D eigenvalue weighted by atomic mass is 9.94. The fraction of sp³-hybridized carbons (Fsp3) is 0.407. The van der Waals surface area contributed by atoms with Crippen LogP contribution in [0.1, 0.15) is 43.4 Å². The van der Waals surface area contributed by atoms with Crippen LogP contribution in [0.15, 0.2) is 42.0 Å². The number of likely N-dealkylation sites (tertiary alicyclic amines) is 1. The van der Waals surface area contributed by atoms with Gasteiger partial charge in [-0.3, -0.25) is 9.59 Å². The van der Waals surface area contributed by atoms with Crippen molar-refractivity contribution < 1.29 is 38.0 Å². The Labute approximate surface area is 210 Å². The van der Waals surface area contributed by atoms with Crippen LogP contribution in [0.2, 0.25) is 0 Å². The highest BCUT2D eigenvalue weighted by Crippen LogP contribution is 2.42. The predicted molar refractivity (Wildman–Crippen MR) is 132 cm³/mol. The van der Waals surface area contributed by atoms with E-state index in [-0.39, 0.29) is 23.4 Å². The molecule has 1 heterocycles. The second-order valence-electron chi connectivity index (χ2n) is 8.30. The predicted octanol–water partition coefficient (Wildman–Crippen LogP) is 4.48. The van der Waals surface area contributed by atoms with Crippen LogP contribution in [0, 0.1) is 5.82 Å². The van der Waals surface area contributed by atoms with Crippen LogP contribution < -0.4 is 14.2 Å². The van der Waals surface area contributed by atoms with Crippen molar-refractivity contribution in [3.05, 3.63) is 58.9 Å². The molecule has 0 aliphatic carbocycles. The molecule has 2 aromatic carbocycles. The maximum atomic E-state index is 14.4. The molecule has 1 atom stereocenters. The van der Waals surface area contributed by atoms with Crippen LogP contribution in [0.3, 0.4) is 0 Å². The van der Waals surface area contributed by atoms with Crippen LogP contribution >= 0.6 is 0 Å². The van der Waals surface area contributed by atoms with E-state index < -0.39 is 29.3 Å². The molecule has 0 saturated carbocycles. The van der Waals surface area contributed by atoms with E-state index in [1.54, 1.807) is 25.3 Å². The van der Waals surface area contributed by atoms with Gasteiger partial charge in [0.05, 0.1) is 32.4 Å². The Morgan fingerprint density at radius 3 is 2.33 bits per heavy atom. The molecule has 36 heavy (non-hydrogen) atoms. The third-order valence-corrected chi connectivity index (χ3v) is 5.97. The number of unbranched alkanes of at least 4 members (excludes halogenated alkanes) is 1. The monoisotopic (exact) mass is 501 g/mol. The van der Waals surface area contributed by atoms with Crippen molar-refractivity contribution in [2.24, 2.45) is 0 Å². The Balaban J connectivity index is 2.11. The quantitative estimate of drug-likeness (QED) is 0.198. The third-order valence-electron chi connectivity index (χ3n) is 5.97. The number of amides is 1. The van der Waals surface area contributed by atoms with Crippen molar-refractivity contribution >= 4 is 17.4 Å². The molecule has 0 unspecified atom stereocenters. The topological polar surface area (TPSA) is 94.5 Å². The first-order valence-electron chi connectivity index (χ1n) is 11.8. The van der Waals surface area contributed by atoms with Gasteiger partial charge >= 0.3 is 0 Å². The highest BCUT2D eigenvalue weighted by atomic mass is 19.1. The second-order valence-corrected chi connectivity index (χ2v) is 8.30. The molecule has 0 radical (unpaired) electrons. The number of methoxy groups -OCH3 is 3. The van der Waals surface area contributed by atoms with Crippen molar-refractivity contribution in [3.63, 3.8) is 0 Å². The number of aliphatic hydroxyl groups is 1. The summed E-state index contributed by atoms with van der Waals surface area (Å²) in [7, 11) is 4.37. The van der Waals surface area contributed by atoms with Crippen molar-refractivity contribution in [2.45, 2.75) is 32.2 Å². The molecule has 2 aromatic rings. The number of rotatable bonds is 12. The number of ketones is 1. The van der Waals surface area contributed by atoms with Crippen molar-refractivity contribution in [2.75, 3.05) is 41.1 Å². The summed E-state index contributed by atoms with van der Waals surface area (Å²) < 4.78 is 35.7. The minimum absolute atomic E-state index is 0.00786. The van der Waals surface area contributed by atoms with Gasteiger partial charge in [-0.2, -0.15) is 0 Å². The Morgan fingerprint density at radius 1 is 0.972 bits per heavy atom. The number of halogens is 1. The zero-order valence-corrected chi connectivity index (χ0v) is 21.0. The lowest BCUT2D eigenvalue weighted by Crippen LogP contribution is -2.31. The molecule has 0 spiro atoms. The fourth-order valence-electron chi connectivity index (χ4n) is 4.11.